The lowest BCUT2D eigenvalue weighted by Crippen LogP contribution is -2.36. The first-order chi connectivity index (χ1) is 39.5. The minimum Gasteiger partial charge on any atom is -0.340 e. The average molecular weight is 1050 g/mol. The number of benzene rings is 6. The summed E-state index contributed by atoms with van der Waals surface area (Å²) in [6.07, 6.45) is 50.5. The highest BCUT2D eigenvalue weighted by atomic mass is 15.1. The van der Waals surface area contributed by atoms with Crippen molar-refractivity contribution in [1.29, 1.82) is 0 Å². The van der Waals surface area contributed by atoms with Crippen LogP contribution < -0.4 is 4.90 Å². The Kier molecular flexibility index (Phi) is 13.9. The summed E-state index contributed by atoms with van der Waals surface area (Å²) in [4.78, 5) is 2.57. The molecule has 0 saturated heterocycles. The number of anilines is 1. The molecule has 0 fully saturated rings. The van der Waals surface area contributed by atoms with Crippen LogP contribution in [0.5, 0.6) is 0 Å². The third kappa shape index (κ3) is 9.37. The quantitative estimate of drug-likeness (QED) is 0.0872. The molecule has 0 saturated carbocycles. The summed E-state index contributed by atoms with van der Waals surface area (Å²) < 4.78 is 0. The molecule has 1 nitrogen and oxygen atoms in total. The van der Waals surface area contributed by atoms with Crippen LogP contribution in [0.3, 0.4) is 0 Å². The van der Waals surface area contributed by atoms with E-state index in [2.05, 4.69) is 272 Å². The van der Waals surface area contributed by atoms with E-state index in [-0.39, 0.29) is 35.1 Å². The van der Waals surface area contributed by atoms with Crippen molar-refractivity contribution in [3.05, 3.63) is 298 Å². The molecule has 0 spiro atoms. The second-order valence-corrected chi connectivity index (χ2v) is 24.9. The Morgan fingerprint density at radius 1 is 0.654 bits per heavy atom. The van der Waals surface area contributed by atoms with E-state index in [1.54, 1.807) is 0 Å². The Morgan fingerprint density at radius 3 is 2.16 bits per heavy atom. The smallest absolute Gasteiger partial charge is 0.0585 e. The molecular formula is C80H77N. The Labute approximate surface area is 483 Å². The van der Waals surface area contributed by atoms with E-state index in [1.165, 1.54) is 117 Å². The SMILES string of the molecule is C=C/C=C(/C)c1ccccc1/C(C)=C\C=C\N(c1ccc2c(c1)C(C)(C)c1cc(C(C3=CCC4/C=C\C5CC=C/C(=C/C=C/3C4)C5)C(C=C)C3C=Cc4cccc5cccc3c45)ccc1-2)C1C=Cc2ccc3c(c2C1C)C(C)CC=C3. The van der Waals surface area contributed by atoms with Crippen LogP contribution in [-0.2, 0) is 5.41 Å². The van der Waals surface area contributed by atoms with Crippen molar-refractivity contribution in [2.75, 3.05) is 4.90 Å². The van der Waals surface area contributed by atoms with Gasteiger partial charge >= 0.3 is 0 Å². The topological polar surface area (TPSA) is 3.24 Å². The fourth-order valence-corrected chi connectivity index (χ4v) is 15.4. The van der Waals surface area contributed by atoms with Gasteiger partial charge in [0.05, 0.1) is 6.04 Å². The zero-order chi connectivity index (χ0) is 55.5. The molecule has 8 atom stereocenters. The number of allylic oxidation sites excluding steroid dienone is 19. The molecular weight excluding hydrogens is 975 g/mol. The van der Waals surface area contributed by atoms with Crippen molar-refractivity contribution in [2.24, 2.45) is 17.8 Å². The lowest BCUT2D eigenvalue weighted by Gasteiger charge is -2.39. The molecule has 1 heteroatoms. The van der Waals surface area contributed by atoms with Gasteiger partial charge in [0.15, 0.2) is 0 Å². The van der Waals surface area contributed by atoms with Crippen LogP contribution in [0.15, 0.2) is 236 Å². The van der Waals surface area contributed by atoms with Crippen LogP contribution in [-0.4, -0.2) is 6.04 Å². The molecule has 0 aromatic heterocycles. The molecule has 0 amide bonds. The largest absolute Gasteiger partial charge is 0.340 e. The van der Waals surface area contributed by atoms with Gasteiger partial charge in [0, 0.05) is 35.1 Å². The standard InChI is InChI=1S/C80H77N/c1-9-18-51(3)66-27-11-12-28-67(66)52(4)20-17-46-81(75-45-39-61-36-35-59-23-13-19-53(5)76(59)77(61)54(75)6)64-40-44-71-70-43-38-63(49-73(70)80(7,8)74(71)50-64)79(65(10-2)69-42-37-60-25-15-24-58-26-16-29-72(69)78(58)60)68-41-33-57-31-30-55-21-14-22-56(47-55)32-34-62(68)48-57/h9-18,20,22-32,34-46,49-50,53-55,57,65,69,75,79H,1-2,19,21,33,47-48H2,3-8H3/b31-30-,46-17+,51-18-,52-20-,56-32-,62-34+. The fourth-order valence-electron chi connectivity index (χ4n) is 15.4. The average Bonchev–Trinajstić information content (AvgIpc) is 3.85. The fraction of sp³-hybridized carbons (Fsp3) is 0.250. The van der Waals surface area contributed by atoms with E-state index in [0.29, 0.717) is 17.8 Å². The molecule has 7 aliphatic carbocycles. The van der Waals surface area contributed by atoms with Crippen LogP contribution in [0.4, 0.5) is 5.69 Å². The van der Waals surface area contributed by atoms with Crippen molar-refractivity contribution < 1.29 is 0 Å². The van der Waals surface area contributed by atoms with Gasteiger partial charge in [-0.2, -0.15) is 0 Å². The Hall–Kier alpha value is -8.00. The minimum absolute atomic E-state index is 0.0858. The van der Waals surface area contributed by atoms with Crippen LogP contribution in [0.25, 0.3) is 51.3 Å². The molecule has 4 bridgehead atoms. The van der Waals surface area contributed by atoms with E-state index in [1.807, 2.05) is 6.08 Å². The molecule has 13 rings (SSSR count). The van der Waals surface area contributed by atoms with Crippen molar-refractivity contribution in [2.45, 2.75) is 109 Å². The third-order valence-corrected chi connectivity index (χ3v) is 19.6. The maximum absolute atomic E-state index is 4.74. The summed E-state index contributed by atoms with van der Waals surface area (Å²) in [5.41, 5.74) is 25.5. The maximum atomic E-state index is 4.74. The van der Waals surface area contributed by atoms with E-state index in [0.717, 1.165) is 32.1 Å². The predicted molar refractivity (Wildman–Crippen MR) is 349 cm³/mol. The van der Waals surface area contributed by atoms with Gasteiger partial charge in [-0.15, -0.1) is 6.58 Å². The van der Waals surface area contributed by atoms with Gasteiger partial charge < -0.3 is 4.90 Å². The van der Waals surface area contributed by atoms with E-state index in [9.17, 15) is 0 Å². The number of rotatable bonds is 12. The van der Waals surface area contributed by atoms with Gasteiger partial charge in [0.1, 0.15) is 0 Å². The van der Waals surface area contributed by atoms with E-state index < -0.39 is 0 Å². The molecule has 0 aliphatic heterocycles. The number of nitrogens with zero attached hydrogens (tertiary/aromatic N) is 1. The van der Waals surface area contributed by atoms with Crippen LogP contribution in [0.1, 0.15) is 159 Å². The van der Waals surface area contributed by atoms with E-state index >= 15 is 0 Å². The first-order valence-electron chi connectivity index (χ1n) is 30.1. The zero-order valence-electron chi connectivity index (χ0n) is 48.4. The van der Waals surface area contributed by atoms with Crippen molar-refractivity contribution in [1.82, 2.24) is 0 Å². The van der Waals surface area contributed by atoms with Gasteiger partial charge in [-0.1, -0.05) is 235 Å². The molecule has 6 aromatic carbocycles. The molecule has 0 heterocycles. The molecule has 81 heavy (non-hydrogen) atoms. The van der Waals surface area contributed by atoms with Gasteiger partial charge in [0.25, 0.3) is 0 Å². The monoisotopic (exact) mass is 1050 g/mol. The highest BCUT2D eigenvalue weighted by Gasteiger charge is 2.41. The predicted octanol–water partition coefficient (Wildman–Crippen LogP) is 21.3. The number of hydrogen-bond acceptors (Lipinski definition) is 1. The summed E-state index contributed by atoms with van der Waals surface area (Å²) in [5, 5.41) is 2.69. The van der Waals surface area contributed by atoms with Gasteiger partial charge in [-0.3, -0.25) is 0 Å². The highest BCUT2D eigenvalue weighted by Crippen LogP contribution is 2.55. The van der Waals surface area contributed by atoms with Crippen LogP contribution in [0.2, 0.25) is 0 Å². The molecule has 8 unspecified atom stereocenters. The first-order valence-corrected chi connectivity index (χ1v) is 30.1. The Morgan fingerprint density at radius 2 is 1.37 bits per heavy atom. The summed E-state index contributed by atoms with van der Waals surface area (Å²) in [6, 6.07) is 42.1. The summed E-state index contributed by atoms with van der Waals surface area (Å²) in [7, 11) is 0. The van der Waals surface area contributed by atoms with Gasteiger partial charge in [0.2, 0.25) is 0 Å². The minimum atomic E-state index is -0.269. The van der Waals surface area contributed by atoms with Crippen molar-refractivity contribution in [3.8, 4) is 11.1 Å². The Balaban J connectivity index is 0.915. The summed E-state index contributed by atoms with van der Waals surface area (Å²) >= 11 is 0. The maximum Gasteiger partial charge on any atom is 0.0585 e. The molecule has 0 radical (unpaired) electrons. The van der Waals surface area contributed by atoms with Gasteiger partial charge in [-0.05, 0) is 199 Å². The molecule has 6 aromatic rings. The molecule has 7 aliphatic rings. The van der Waals surface area contributed by atoms with Crippen LogP contribution in [0, 0.1) is 17.8 Å². The lowest BCUT2D eigenvalue weighted by molar-refractivity contribution is 0.498. The van der Waals surface area contributed by atoms with Crippen molar-refractivity contribution in [3.63, 3.8) is 0 Å². The molecule has 402 valence electrons. The zero-order valence-corrected chi connectivity index (χ0v) is 48.4. The second-order valence-electron chi connectivity index (χ2n) is 24.9. The molecule has 0 N–H and O–H groups in total. The van der Waals surface area contributed by atoms with Gasteiger partial charge in [-0.25, -0.2) is 0 Å². The summed E-state index contributed by atoms with van der Waals surface area (Å²) in [6.45, 7) is 23.0. The normalized spacial score (nSPS) is 25.3. The lowest BCUT2D eigenvalue weighted by atomic mass is 9.65. The highest BCUT2D eigenvalue weighted by molar-refractivity contribution is 5.96. The van der Waals surface area contributed by atoms with E-state index in [4.69, 9.17) is 6.58 Å². The third-order valence-electron chi connectivity index (χ3n) is 19.6. The van der Waals surface area contributed by atoms with Crippen LogP contribution >= 0.6 is 0 Å². The number of fused-ring (bicyclic) bond motifs is 10. The second kappa shape index (κ2) is 21.5. The summed E-state index contributed by atoms with van der Waals surface area (Å²) in [5.74, 6) is 2.16. The van der Waals surface area contributed by atoms with Crippen molar-refractivity contribution >= 4 is 45.8 Å². The number of hydrogen-bond donors (Lipinski definition) is 0. The first kappa shape index (κ1) is 52.4. The Bertz CT molecular complexity index is 3900.